The van der Waals surface area contributed by atoms with Crippen LogP contribution in [0, 0.1) is 0 Å². The molecule has 2 rings (SSSR count). The Balaban J connectivity index is 1.94. The van der Waals surface area contributed by atoms with Crippen LogP contribution in [0.1, 0.15) is 32.8 Å². The summed E-state index contributed by atoms with van der Waals surface area (Å²) in [6.45, 7) is 8.08. The molecule has 1 aromatic carbocycles. The summed E-state index contributed by atoms with van der Waals surface area (Å²) in [6, 6.07) is 8.54. The van der Waals surface area contributed by atoms with Crippen molar-refractivity contribution in [1.82, 2.24) is 10.2 Å². The topological polar surface area (TPSA) is 41.6 Å². The fourth-order valence-corrected chi connectivity index (χ4v) is 2.83. The summed E-state index contributed by atoms with van der Waals surface area (Å²) < 4.78 is 6.62. The van der Waals surface area contributed by atoms with E-state index in [-0.39, 0.29) is 12.1 Å². The van der Waals surface area contributed by atoms with Crippen molar-refractivity contribution in [1.29, 1.82) is 0 Å². The van der Waals surface area contributed by atoms with E-state index in [1.165, 1.54) is 5.56 Å². The number of nitrogens with zero attached hydrogens (tertiary/aromatic N) is 1. The van der Waals surface area contributed by atoms with E-state index in [0.717, 1.165) is 30.4 Å². The summed E-state index contributed by atoms with van der Waals surface area (Å²) in [5.74, 6) is 0. The molecule has 0 aromatic heterocycles. The van der Waals surface area contributed by atoms with Crippen molar-refractivity contribution >= 4 is 22.0 Å². The van der Waals surface area contributed by atoms with Gasteiger partial charge in [0.1, 0.15) is 5.60 Å². The number of carbonyl (C=O) groups is 1. The molecule has 5 heteroatoms. The van der Waals surface area contributed by atoms with Gasteiger partial charge in [-0.25, -0.2) is 4.79 Å². The highest BCUT2D eigenvalue weighted by Gasteiger charge is 2.29. The van der Waals surface area contributed by atoms with Crippen LogP contribution in [-0.4, -0.2) is 42.3 Å². The van der Waals surface area contributed by atoms with E-state index in [2.05, 4.69) is 45.5 Å². The third-order valence-corrected chi connectivity index (χ3v) is 4.19. The number of nitrogens with one attached hydrogen (secondary N) is 1. The number of halogens is 1. The molecular formula is C17H25BrN2O2. The Kier molecular flexibility index (Phi) is 5.87. The molecule has 122 valence electrons. The Labute approximate surface area is 141 Å². The fourth-order valence-electron chi connectivity index (χ4n) is 2.56. The van der Waals surface area contributed by atoms with Gasteiger partial charge in [-0.1, -0.05) is 28.1 Å². The van der Waals surface area contributed by atoms with E-state index in [1.54, 1.807) is 0 Å². The minimum absolute atomic E-state index is 0.187. The average Bonchev–Trinajstić information content (AvgIpc) is 2.45. The first-order valence-corrected chi connectivity index (χ1v) is 8.59. The molecule has 1 amide bonds. The van der Waals surface area contributed by atoms with Gasteiger partial charge in [-0.3, -0.25) is 0 Å². The summed E-state index contributed by atoms with van der Waals surface area (Å²) in [5, 5.41) is 3.37. The van der Waals surface area contributed by atoms with Crippen molar-refractivity contribution in [2.75, 3.05) is 19.6 Å². The number of hydrogen-bond acceptors (Lipinski definition) is 3. The zero-order valence-corrected chi connectivity index (χ0v) is 15.1. The number of hydrogen-bond donors (Lipinski definition) is 1. The maximum absolute atomic E-state index is 12.3. The van der Waals surface area contributed by atoms with Crippen molar-refractivity contribution in [2.24, 2.45) is 0 Å². The van der Waals surface area contributed by atoms with E-state index in [9.17, 15) is 4.79 Å². The molecule has 1 aromatic rings. The minimum Gasteiger partial charge on any atom is -0.444 e. The number of ether oxygens (including phenoxy) is 1. The largest absolute Gasteiger partial charge is 0.444 e. The minimum atomic E-state index is -0.446. The molecular weight excluding hydrogens is 344 g/mol. The van der Waals surface area contributed by atoms with Crippen molar-refractivity contribution in [3.05, 3.63) is 34.3 Å². The lowest BCUT2D eigenvalue weighted by atomic mass is 10.0. The maximum atomic E-state index is 12.3. The molecule has 4 nitrogen and oxygen atoms in total. The van der Waals surface area contributed by atoms with Crippen LogP contribution in [0.4, 0.5) is 4.79 Å². The second-order valence-electron chi connectivity index (χ2n) is 6.70. The van der Waals surface area contributed by atoms with Crippen LogP contribution in [0.3, 0.4) is 0 Å². The van der Waals surface area contributed by atoms with Gasteiger partial charge >= 0.3 is 6.09 Å². The van der Waals surface area contributed by atoms with E-state index in [4.69, 9.17) is 4.74 Å². The fraction of sp³-hybridized carbons (Fsp3) is 0.588. The zero-order chi connectivity index (χ0) is 16.2. The standard InChI is InChI=1S/C17H25BrN2O2/c1-17(2,3)22-16(21)20-11-10-19-12-15(20)9-6-13-4-7-14(18)8-5-13/h4-5,7-8,15,19H,6,9-12H2,1-3H3. The molecule has 1 aliphatic rings. The van der Waals surface area contributed by atoms with Crippen LogP contribution in [0.2, 0.25) is 0 Å². The number of carbonyl (C=O) groups excluding carboxylic acids is 1. The van der Waals surface area contributed by atoms with Gasteiger partial charge in [0.2, 0.25) is 0 Å². The molecule has 0 aliphatic carbocycles. The highest BCUT2D eigenvalue weighted by molar-refractivity contribution is 9.10. The van der Waals surface area contributed by atoms with Gasteiger partial charge in [-0.05, 0) is 51.3 Å². The van der Waals surface area contributed by atoms with Crippen molar-refractivity contribution in [3.63, 3.8) is 0 Å². The Bertz CT molecular complexity index is 496. The van der Waals surface area contributed by atoms with Crippen LogP contribution in [0.25, 0.3) is 0 Å². The Morgan fingerprint density at radius 1 is 1.36 bits per heavy atom. The van der Waals surface area contributed by atoms with Gasteiger partial charge in [0.05, 0.1) is 0 Å². The number of rotatable bonds is 3. The normalized spacial score (nSPS) is 19.1. The second-order valence-corrected chi connectivity index (χ2v) is 7.61. The highest BCUT2D eigenvalue weighted by Crippen LogP contribution is 2.18. The van der Waals surface area contributed by atoms with Gasteiger partial charge in [0.25, 0.3) is 0 Å². The molecule has 0 saturated carbocycles. The van der Waals surface area contributed by atoms with Crippen LogP contribution in [-0.2, 0) is 11.2 Å². The van der Waals surface area contributed by atoms with Gasteiger partial charge < -0.3 is 15.0 Å². The summed E-state index contributed by atoms with van der Waals surface area (Å²) in [6.07, 6.45) is 1.70. The third kappa shape index (κ3) is 5.29. The van der Waals surface area contributed by atoms with Gasteiger partial charge in [-0.2, -0.15) is 0 Å². The molecule has 1 heterocycles. The monoisotopic (exact) mass is 368 g/mol. The lowest BCUT2D eigenvalue weighted by Crippen LogP contribution is -2.54. The maximum Gasteiger partial charge on any atom is 0.410 e. The Hall–Kier alpha value is -1.07. The number of amides is 1. The van der Waals surface area contributed by atoms with Crippen LogP contribution < -0.4 is 5.32 Å². The first-order valence-electron chi connectivity index (χ1n) is 7.80. The molecule has 1 saturated heterocycles. The lowest BCUT2D eigenvalue weighted by Gasteiger charge is -2.37. The van der Waals surface area contributed by atoms with Crippen LogP contribution in [0.5, 0.6) is 0 Å². The molecule has 0 spiro atoms. The number of aryl methyl sites for hydroxylation is 1. The highest BCUT2D eigenvalue weighted by atomic mass is 79.9. The third-order valence-electron chi connectivity index (χ3n) is 3.66. The summed E-state index contributed by atoms with van der Waals surface area (Å²) in [5.41, 5.74) is 0.844. The SMILES string of the molecule is CC(C)(C)OC(=O)N1CCNCC1CCc1ccc(Br)cc1. The van der Waals surface area contributed by atoms with E-state index in [0.29, 0.717) is 6.54 Å². The van der Waals surface area contributed by atoms with Gasteiger partial charge in [-0.15, -0.1) is 0 Å². The molecule has 22 heavy (non-hydrogen) atoms. The predicted octanol–water partition coefficient (Wildman–Crippen LogP) is 3.59. The smallest absolute Gasteiger partial charge is 0.410 e. The first-order chi connectivity index (χ1) is 10.3. The van der Waals surface area contributed by atoms with E-state index >= 15 is 0 Å². The Morgan fingerprint density at radius 3 is 2.68 bits per heavy atom. The number of piperazine rings is 1. The second kappa shape index (κ2) is 7.47. The predicted molar refractivity (Wildman–Crippen MR) is 92.1 cm³/mol. The summed E-state index contributed by atoms with van der Waals surface area (Å²) in [7, 11) is 0. The molecule has 1 atom stereocenters. The zero-order valence-electron chi connectivity index (χ0n) is 13.6. The van der Waals surface area contributed by atoms with E-state index in [1.807, 2.05) is 25.7 Å². The molecule has 0 radical (unpaired) electrons. The van der Waals surface area contributed by atoms with Crippen molar-refractivity contribution in [3.8, 4) is 0 Å². The summed E-state index contributed by atoms with van der Waals surface area (Å²) >= 11 is 3.45. The van der Waals surface area contributed by atoms with Gasteiger partial charge in [0.15, 0.2) is 0 Å². The van der Waals surface area contributed by atoms with Crippen LogP contribution in [0.15, 0.2) is 28.7 Å². The summed E-state index contributed by atoms with van der Waals surface area (Å²) in [4.78, 5) is 14.2. The molecule has 0 bridgehead atoms. The molecule has 1 N–H and O–H groups in total. The first kappa shape index (κ1) is 17.3. The quantitative estimate of drug-likeness (QED) is 0.886. The molecule has 1 fully saturated rings. The van der Waals surface area contributed by atoms with Gasteiger partial charge in [0, 0.05) is 30.1 Å². The Morgan fingerprint density at radius 2 is 2.05 bits per heavy atom. The molecule has 1 aliphatic heterocycles. The van der Waals surface area contributed by atoms with Crippen molar-refractivity contribution < 1.29 is 9.53 Å². The average molecular weight is 369 g/mol. The molecule has 1 unspecified atom stereocenters. The number of benzene rings is 1. The van der Waals surface area contributed by atoms with Crippen LogP contribution >= 0.6 is 15.9 Å². The van der Waals surface area contributed by atoms with E-state index < -0.39 is 5.60 Å². The lowest BCUT2D eigenvalue weighted by molar-refractivity contribution is 0.0112. The van der Waals surface area contributed by atoms with Crippen molar-refractivity contribution in [2.45, 2.75) is 45.3 Å².